The SMILES string of the molecule is CC(C)(N)C(=O)NC(Cc1c[nH]c2ccccc12)C(=O)N1CCC(n2c(=O)[nH]c3cnccc32)CC1. The summed E-state index contributed by atoms with van der Waals surface area (Å²) in [5.41, 5.74) is 8.18. The quantitative estimate of drug-likeness (QED) is 0.327. The number of hydrogen-bond acceptors (Lipinski definition) is 5. The molecule has 4 heterocycles. The number of carbonyl (C=O) groups is 2. The summed E-state index contributed by atoms with van der Waals surface area (Å²) in [4.78, 5) is 51.0. The molecule has 1 aromatic carbocycles. The van der Waals surface area contributed by atoms with E-state index in [0.29, 0.717) is 37.9 Å². The van der Waals surface area contributed by atoms with Gasteiger partial charge in [0.25, 0.3) is 0 Å². The molecule has 0 saturated carbocycles. The molecule has 0 radical (unpaired) electrons. The van der Waals surface area contributed by atoms with Gasteiger partial charge in [0.2, 0.25) is 11.8 Å². The zero-order chi connectivity index (χ0) is 25.4. The summed E-state index contributed by atoms with van der Waals surface area (Å²) in [6.45, 7) is 4.21. The fourth-order valence-electron chi connectivity index (χ4n) is 4.97. The number of nitrogens with one attached hydrogen (secondary N) is 3. The minimum atomic E-state index is -1.11. The molecule has 2 amide bonds. The third kappa shape index (κ3) is 4.51. The molecule has 4 aromatic rings. The number of piperidine rings is 1. The molecule has 188 valence electrons. The summed E-state index contributed by atoms with van der Waals surface area (Å²) in [6.07, 6.45) is 6.81. The maximum absolute atomic E-state index is 13.7. The molecule has 1 atom stereocenters. The first-order valence-electron chi connectivity index (χ1n) is 12.2. The van der Waals surface area contributed by atoms with Crippen molar-refractivity contribution in [3.8, 4) is 0 Å². The fourth-order valence-corrected chi connectivity index (χ4v) is 4.97. The Hall–Kier alpha value is -3.92. The van der Waals surface area contributed by atoms with Gasteiger partial charge in [-0.1, -0.05) is 18.2 Å². The second-order valence-electron chi connectivity index (χ2n) is 10.1. The second kappa shape index (κ2) is 9.27. The van der Waals surface area contributed by atoms with Crippen LogP contribution in [0.25, 0.3) is 21.9 Å². The Morgan fingerprint density at radius 1 is 1.19 bits per heavy atom. The number of aromatic nitrogens is 4. The summed E-state index contributed by atoms with van der Waals surface area (Å²) in [5, 5.41) is 3.91. The van der Waals surface area contributed by atoms with Crippen LogP contribution >= 0.6 is 0 Å². The van der Waals surface area contributed by atoms with Gasteiger partial charge in [0.05, 0.1) is 22.8 Å². The van der Waals surface area contributed by atoms with Gasteiger partial charge in [0.1, 0.15) is 6.04 Å². The van der Waals surface area contributed by atoms with Crippen molar-refractivity contribution in [2.75, 3.05) is 13.1 Å². The third-order valence-corrected chi connectivity index (χ3v) is 6.95. The van der Waals surface area contributed by atoms with Gasteiger partial charge in [-0.05, 0) is 44.4 Å². The highest BCUT2D eigenvalue weighted by Gasteiger charge is 2.33. The van der Waals surface area contributed by atoms with Crippen LogP contribution in [0.2, 0.25) is 0 Å². The van der Waals surface area contributed by atoms with Crippen molar-refractivity contribution in [3.63, 3.8) is 0 Å². The van der Waals surface area contributed by atoms with Crippen molar-refractivity contribution >= 4 is 33.8 Å². The highest BCUT2D eigenvalue weighted by atomic mass is 16.2. The molecule has 1 unspecified atom stereocenters. The molecule has 5 N–H and O–H groups in total. The molecule has 36 heavy (non-hydrogen) atoms. The molecular formula is C26H31N7O3. The van der Waals surface area contributed by atoms with Gasteiger partial charge in [-0.15, -0.1) is 0 Å². The fraction of sp³-hybridized carbons (Fsp3) is 0.385. The topological polar surface area (TPSA) is 142 Å². The van der Waals surface area contributed by atoms with Crippen molar-refractivity contribution < 1.29 is 9.59 Å². The van der Waals surface area contributed by atoms with E-state index in [0.717, 1.165) is 22.0 Å². The molecular weight excluding hydrogens is 458 g/mol. The van der Waals surface area contributed by atoms with Crippen molar-refractivity contribution in [3.05, 3.63) is 65.0 Å². The number of pyridine rings is 1. The largest absolute Gasteiger partial charge is 0.361 e. The van der Waals surface area contributed by atoms with Crippen LogP contribution in [0, 0.1) is 0 Å². The van der Waals surface area contributed by atoms with Crippen molar-refractivity contribution in [1.82, 2.24) is 29.7 Å². The van der Waals surface area contributed by atoms with E-state index in [1.54, 1.807) is 35.7 Å². The van der Waals surface area contributed by atoms with E-state index in [4.69, 9.17) is 5.73 Å². The van der Waals surface area contributed by atoms with Gasteiger partial charge in [0, 0.05) is 48.8 Å². The number of nitrogens with two attached hydrogens (primary N) is 1. The first kappa shape index (κ1) is 23.8. The standard InChI is InChI=1S/C26H31N7O3/c1-26(2,27)24(35)30-20(13-16-14-29-19-6-4-3-5-18(16)19)23(34)32-11-8-17(9-12-32)33-22-7-10-28-15-21(22)31-25(33)36/h3-7,10,14-15,17,20,29H,8-9,11-13,27H2,1-2H3,(H,30,35)(H,31,36). The van der Waals surface area contributed by atoms with Gasteiger partial charge in [-0.25, -0.2) is 4.79 Å². The monoisotopic (exact) mass is 489 g/mol. The molecule has 10 nitrogen and oxygen atoms in total. The van der Waals surface area contributed by atoms with Crippen molar-refractivity contribution in [2.45, 2.75) is 50.7 Å². The zero-order valence-corrected chi connectivity index (χ0v) is 20.5. The van der Waals surface area contributed by atoms with Crippen molar-refractivity contribution in [1.29, 1.82) is 0 Å². The summed E-state index contributed by atoms with van der Waals surface area (Å²) in [6, 6.07) is 8.92. The van der Waals surface area contributed by atoms with Gasteiger partial charge in [-0.2, -0.15) is 0 Å². The second-order valence-corrected chi connectivity index (χ2v) is 10.1. The lowest BCUT2D eigenvalue weighted by Crippen LogP contribution is -2.57. The van der Waals surface area contributed by atoms with Gasteiger partial charge in [-0.3, -0.25) is 19.1 Å². The first-order valence-corrected chi connectivity index (χ1v) is 12.2. The number of para-hydroxylation sites is 1. The molecule has 0 aliphatic carbocycles. The molecule has 10 heteroatoms. The average Bonchev–Trinajstić information content (AvgIpc) is 3.42. The van der Waals surface area contributed by atoms with Gasteiger partial charge >= 0.3 is 5.69 Å². The number of carbonyl (C=O) groups excluding carboxylic acids is 2. The molecule has 1 fully saturated rings. The van der Waals surface area contributed by atoms with E-state index in [9.17, 15) is 14.4 Å². The molecule has 5 rings (SSSR count). The summed E-state index contributed by atoms with van der Waals surface area (Å²) in [5.74, 6) is -0.527. The van der Waals surface area contributed by atoms with Gasteiger partial charge < -0.3 is 25.9 Å². The predicted octanol–water partition coefficient (Wildman–Crippen LogP) is 1.83. The molecule has 3 aromatic heterocycles. The number of likely N-dealkylation sites (tertiary alicyclic amines) is 1. The number of H-pyrrole nitrogens is 2. The van der Waals surface area contributed by atoms with Crippen molar-refractivity contribution in [2.24, 2.45) is 5.73 Å². The van der Waals surface area contributed by atoms with E-state index < -0.39 is 11.6 Å². The molecule has 0 spiro atoms. The first-order chi connectivity index (χ1) is 17.2. The Balaban J connectivity index is 1.34. The number of imidazole rings is 1. The van der Waals surface area contributed by atoms with Crippen LogP contribution < -0.4 is 16.7 Å². The normalized spacial score (nSPS) is 15.9. The van der Waals surface area contributed by atoms with E-state index >= 15 is 0 Å². The van der Waals surface area contributed by atoms with Crippen LogP contribution in [0.15, 0.2) is 53.7 Å². The lowest BCUT2D eigenvalue weighted by molar-refractivity contribution is -0.138. The Morgan fingerprint density at radius 3 is 2.69 bits per heavy atom. The molecule has 1 saturated heterocycles. The summed E-state index contributed by atoms with van der Waals surface area (Å²) in [7, 11) is 0. The minimum Gasteiger partial charge on any atom is -0.361 e. The third-order valence-electron chi connectivity index (χ3n) is 6.95. The number of fused-ring (bicyclic) bond motifs is 2. The Morgan fingerprint density at radius 2 is 1.94 bits per heavy atom. The maximum Gasteiger partial charge on any atom is 0.326 e. The zero-order valence-electron chi connectivity index (χ0n) is 20.5. The molecule has 1 aliphatic heterocycles. The molecule has 1 aliphatic rings. The lowest BCUT2D eigenvalue weighted by Gasteiger charge is -2.35. The van der Waals surface area contributed by atoms with Crippen LogP contribution in [0.4, 0.5) is 0 Å². The Labute approximate surface area is 207 Å². The number of aromatic amines is 2. The Kier molecular flexibility index (Phi) is 6.13. The predicted molar refractivity (Wildman–Crippen MR) is 137 cm³/mol. The number of rotatable bonds is 6. The highest BCUT2D eigenvalue weighted by molar-refractivity contribution is 5.92. The number of hydrogen-bond donors (Lipinski definition) is 4. The molecule has 0 bridgehead atoms. The number of amides is 2. The number of nitrogens with zero attached hydrogens (tertiary/aromatic N) is 3. The Bertz CT molecular complexity index is 1470. The van der Waals surface area contributed by atoms with Crippen LogP contribution in [0.3, 0.4) is 0 Å². The average molecular weight is 490 g/mol. The van der Waals surface area contributed by atoms with E-state index in [1.165, 1.54) is 0 Å². The van der Waals surface area contributed by atoms with Crippen LogP contribution in [0.1, 0.15) is 38.3 Å². The summed E-state index contributed by atoms with van der Waals surface area (Å²) < 4.78 is 1.76. The van der Waals surface area contributed by atoms with E-state index in [-0.39, 0.29) is 23.5 Å². The van der Waals surface area contributed by atoms with Crippen LogP contribution in [-0.2, 0) is 16.0 Å². The van der Waals surface area contributed by atoms with Gasteiger partial charge in [0.15, 0.2) is 0 Å². The van der Waals surface area contributed by atoms with E-state index in [1.807, 2.05) is 36.5 Å². The van der Waals surface area contributed by atoms with Crippen LogP contribution in [-0.4, -0.2) is 60.9 Å². The van der Waals surface area contributed by atoms with E-state index in [2.05, 4.69) is 20.3 Å². The maximum atomic E-state index is 13.7. The smallest absolute Gasteiger partial charge is 0.326 e. The lowest BCUT2D eigenvalue weighted by atomic mass is 9.99. The highest BCUT2D eigenvalue weighted by Crippen LogP contribution is 2.26. The van der Waals surface area contributed by atoms with Crippen LogP contribution in [0.5, 0.6) is 0 Å². The minimum absolute atomic E-state index is 0.0256. The number of benzene rings is 1. The summed E-state index contributed by atoms with van der Waals surface area (Å²) >= 11 is 0.